The van der Waals surface area contributed by atoms with Gasteiger partial charge in [-0.3, -0.25) is 0 Å². The van der Waals surface area contributed by atoms with E-state index in [1.165, 1.54) is 6.21 Å². The zero-order valence-corrected chi connectivity index (χ0v) is 15.4. The Balaban J connectivity index is 1.65. The number of hydrazone groups is 1. The van der Waals surface area contributed by atoms with Crippen molar-refractivity contribution in [3.8, 4) is 0 Å². The van der Waals surface area contributed by atoms with Gasteiger partial charge in [-0.2, -0.15) is 5.10 Å². The number of carboxylic acid groups (broad SMARTS) is 1. The number of urea groups is 2. The second kappa shape index (κ2) is 8.53. The van der Waals surface area contributed by atoms with E-state index < -0.39 is 24.1 Å². The summed E-state index contributed by atoms with van der Waals surface area (Å²) in [6, 6.07) is 12.5. The number of benzene rings is 2. The first kappa shape index (κ1) is 19.4. The number of amides is 4. The molecule has 0 radical (unpaired) electrons. The van der Waals surface area contributed by atoms with E-state index in [0.29, 0.717) is 10.6 Å². The van der Waals surface area contributed by atoms with E-state index in [9.17, 15) is 19.5 Å². The van der Waals surface area contributed by atoms with Gasteiger partial charge in [0.25, 0.3) is 0 Å². The molecule has 144 valence electrons. The van der Waals surface area contributed by atoms with E-state index in [-0.39, 0.29) is 13.1 Å². The number of aliphatic carboxylic acids is 1. The fraction of sp³-hybridized carbons (Fsp3) is 0.158. The number of hydrogen-bond acceptors (Lipinski definition) is 4. The number of rotatable bonds is 5. The molecule has 0 aliphatic carbocycles. The Kier molecular flexibility index (Phi) is 5.90. The van der Waals surface area contributed by atoms with Gasteiger partial charge < -0.3 is 10.4 Å². The van der Waals surface area contributed by atoms with Crippen LogP contribution in [0.1, 0.15) is 17.2 Å². The van der Waals surface area contributed by atoms with Gasteiger partial charge in [-0.1, -0.05) is 54.1 Å². The highest BCUT2D eigenvalue weighted by molar-refractivity contribution is 6.30. The fourth-order valence-corrected chi connectivity index (χ4v) is 2.77. The van der Waals surface area contributed by atoms with Gasteiger partial charge in [-0.05, 0) is 23.3 Å². The van der Waals surface area contributed by atoms with Gasteiger partial charge in [0, 0.05) is 5.02 Å². The lowest BCUT2D eigenvalue weighted by atomic mass is 10.1. The van der Waals surface area contributed by atoms with Crippen molar-refractivity contribution in [2.24, 2.45) is 5.10 Å². The van der Waals surface area contributed by atoms with Crippen LogP contribution in [0.5, 0.6) is 0 Å². The third kappa shape index (κ3) is 4.47. The van der Waals surface area contributed by atoms with E-state index >= 15 is 0 Å². The standard InChI is InChI=1S/C19H17ClN4O4/c20-15-8-6-13(7-9-15)12-21-24-11-10-23(19(24)28)18(27)22-16(17(25)26)14-4-2-1-3-5-14/h1-9,12,16H,10-11H2,(H,22,27)(H,25,26)/t16-/m1/s1. The minimum Gasteiger partial charge on any atom is -0.479 e. The molecule has 0 unspecified atom stereocenters. The van der Waals surface area contributed by atoms with E-state index in [4.69, 9.17) is 11.6 Å². The van der Waals surface area contributed by atoms with Crippen molar-refractivity contribution in [1.29, 1.82) is 0 Å². The molecule has 1 atom stereocenters. The fourth-order valence-electron chi connectivity index (χ4n) is 2.64. The van der Waals surface area contributed by atoms with E-state index in [2.05, 4.69) is 10.4 Å². The van der Waals surface area contributed by atoms with Crippen molar-refractivity contribution >= 4 is 35.8 Å². The van der Waals surface area contributed by atoms with Crippen LogP contribution in [0.4, 0.5) is 9.59 Å². The lowest BCUT2D eigenvalue weighted by Crippen LogP contribution is -2.45. The maximum atomic E-state index is 12.4. The summed E-state index contributed by atoms with van der Waals surface area (Å²) in [6.07, 6.45) is 1.49. The van der Waals surface area contributed by atoms with Gasteiger partial charge >= 0.3 is 18.0 Å². The van der Waals surface area contributed by atoms with Crippen LogP contribution < -0.4 is 5.32 Å². The molecule has 9 heteroatoms. The molecule has 1 fully saturated rings. The molecule has 3 rings (SSSR count). The lowest BCUT2D eigenvalue weighted by Gasteiger charge is -2.19. The van der Waals surface area contributed by atoms with Crippen molar-refractivity contribution in [1.82, 2.24) is 15.2 Å². The molecule has 2 aromatic rings. The number of nitrogens with one attached hydrogen (secondary N) is 1. The Morgan fingerprint density at radius 2 is 1.79 bits per heavy atom. The molecule has 4 amide bonds. The monoisotopic (exact) mass is 400 g/mol. The number of nitrogens with zero attached hydrogens (tertiary/aromatic N) is 3. The molecule has 1 aliphatic rings. The summed E-state index contributed by atoms with van der Waals surface area (Å²) in [7, 11) is 0. The number of carboxylic acids is 1. The molecule has 0 saturated carbocycles. The average molecular weight is 401 g/mol. The first-order valence-corrected chi connectivity index (χ1v) is 8.80. The molecule has 1 saturated heterocycles. The van der Waals surface area contributed by atoms with Gasteiger partial charge in [-0.15, -0.1) is 0 Å². The molecule has 28 heavy (non-hydrogen) atoms. The summed E-state index contributed by atoms with van der Waals surface area (Å²) in [5.74, 6) is -1.22. The molecule has 2 N–H and O–H groups in total. The second-order valence-electron chi connectivity index (χ2n) is 5.98. The first-order valence-electron chi connectivity index (χ1n) is 8.42. The molecular formula is C19H17ClN4O4. The summed E-state index contributed by atoms with van der Waals surface area (Å²) in [6.45, 7) is 0.309. The van der Waals surface area contributed by atoms with Crippen molar-refractivity contribution in [3.63, 3.8) is 0 Å². The van der Waals surface area contributed by atoms with Gasteiger partial charge in [0.05, 0.1) is 19.3 Å². The Morgan fingerprint density at radius 1 is 1.11 bits per heavy atom. The number of carbonyl (C=O) groups excluding carboxylic acids is 2. The van der Waals surface area contributed by atoms with Crippen LogP contribution in [0, 0.1) is 0 Å². The smallest absolute Gasteiger partial charge is 0.348 e. The van der Waals surface area contributed by atoms with Crippen molar-refractivity contribution in [2.45, 2.75) is 6.04 Å². The Bertz CT molecular complexity index is 902. The third-order valence-corrected chi connectivity index (χ3v) is 4.35. The molecule has 2 aromatic carbocycles. The zero-order chi connectivity index (χ0) is 20.1. The molecule has 8 nitrogen and oxygen atoms in total. The SMILES string of the molecule is O=C(O)[C@H](NC(=O)N1CCN(N=Cc2ccc(Cl)cc2)C1=O)c1ccccc1. The van der Waals surface area contributed by atoms with Crippen molar-refractivity contribution in [3.05, 3.63) is 70.7 Å². The number of halogens is 1. The molecule has 0 bridgehead atoms. The van der Waals surface area contributed by atoms with E-state index in [1.807, 2.05) is 0 Å². The van der Waals surface area contributed by atoms with E-state index in [1.54, 1.807) is 54.6 Å². The summed E-state index contributed by atoms with van der Waals surface area (Å²) < 4.78 is 0. The van der Waals surface area contributed by atoms with Crippen LogP contribution in [0.3, 0.4) is 0 Å². The molecule has 1 aliphatic heterocycles. The summed E-state index contributed by atoms with van der Waals surface area (Å²) >= 11 is 5.82. The van der Waals surface area contributed by atoms with Crippen LogP contribution in [0.15, 0.2) is 59.7 Å². The van der Waals surface area contributed by atoms with Gasteiger partial charge in [0.15, 0.2) is 6.04 Å². The van der Waals surface area contributed by atoms with Crippen molar-refractivity contribution < 1.29 is 19.5 Å². The molecule has 1 heterocycles. The maximum absolute atomic E-state index is 12.4. The zero-order valence-electron chi connectivity index (χ0n) is 14.7. The van der Waals surface area contributed by atoms with Gasteiger partial charge in [0.2, 0.25) is 0 Å². The quantitative estimate of drug-likeness (QED) is 0.753. The number of carbonyl (C=O) groups is 3. The predicted octanol–water partition coefficient (Wildman–Crippen LogP) is 2.95. The Morgan fingerprint density at radius 3 is 2.43 bits per heavy atom. The second-order valence-corrected chi connectivity index (χ2v) is 6.42. The molecular weight excluding hydrogens is 384 g/mol. The predicted molar refractivity (Wildman–Crippen MR) is 103 cm³/mol. The first-order chi connectivity index (χ1) is 13.5. The van der Waals surface area contributed by atoms with Crippen LogP contribution >= 0.6 is 11.6 Å². The summed E-state index contributed by atoms with van der Waals surface area (Å²) in [5, 5.41) is 17.6. The third-order valence-electron chi connectivity index (χ3n) is 4.10. The van der Waals surface area contributed by atoms with Crippen LogP contribution in [0.25, 0.3) is 0 Å². The molecule has 0 aromatic heterocycles. The van der Waals surface area contributed by atoms with Crippen LogP contribution in [-0.2, 0) is 4.79 Å². The topological polar surface area (TPSA) is 102 Å². The Labute approximate surface area is 166 Å². The molecule has 0 spiro atoms. The maximum Gasteiger partial charge on any atom is 0.348 e. The normalized spacial score (nSPS) is 15.1. The Hall–Kier alpha value is -3.39. The highest BCUT2D eigenvalue weighted by atomic mass is 35.5. The average Bonchev–Trinajstić information content (AvgIpc) is 3.06. The van der Waals surface area contributed by atoms with Crippen LogP contribution in [-0.4, -0.2) is 52.4 Å². The summed E-state index contributed by atoms with van der Waals surface area (Å²) in [4.78, 5) is 37.3. The highest BCUT2D eigenvalue weighted by Gasteiger charge is 2.35. The van der Waals surface area contributed by atoms with E-state index in [0.717, 1.165) is 15.5 Å². The van der Waals surface area contributed by atoms with Crippen LogP contribution in [0.2, 0.25) is 5.02 Å². The minimum atomic E-state index is -1.26. The minimum absolute atomic E-state index is 0.101. The summed E-state index contributed by atoms with van der Waals surface area (Å²) in [5.41, 5.74) is 1.16. The van der Waals surface area contributed by atoms with Crippen molar-refractivity contribution in [2.75, 3.05) is 13.1 Å². The lowest BCUT2D eigenvalue weighted by molar-refractivity contribution is -0.139. The van der Waals surface area contributed by atoms with Gasteiger partial charge in [-0.25, -0.2) is 24.3 Å². The number of hydrogen-bond donors (Lipinski definition) is 2. The highest BCUT2D eigenvalue weighted by Crippen LogP contribution is 2.16. The largest absolute Gasteiger partial charge is 0.479 e. The number of imide groups is 1. The van der Waals surface area contributed by atoms with Gasteiger partial charge in [0.1, 0.15) is 0 Å².